The van der Waals surface area contributed by atoms with Gasteiger partial charge in [-0.05, 0) is 42.7 Å². The first-order chi connectivity index (χ1) is 14.5. The highest BCUT2D eigenvalue weighted by molar-refractivity contribution is 14.0. The third-order valence-corrected chi connectivity index (χ3v) is 4.21. The highest BCUT2D eigenvalue weighted by Crippen LogP contribution is 2.19. The fourth-order valence-corrected chi connectivity index (χ4v) is 2.66. The molecule has 31 heavy (non-hydrogen) atoms. The molecule has 0 bridgehead atoms. The van der Waals surface area contributed by atoms with Gasteiger partial charge in [-0.25, -0.2) is 4.99 Å². The van der Waals surface area contributed by atoms with Crippen molar-refractivity contribution in [2.45, 2.75) is 39.7 Å². The average molecular weight is 549 g/mol. The second kappa shape index (κ2) is 14.9. The smallest absolute Gasteiger partial charge is 0.387 e. The molecule has 0 spiro atoms. The molecular formula is C22H30F2IN3O3. The van der Waals surface area contributed by atoms with E-state index in [9.17, 15) is 13.9 Å². The molecule has 0 radical (unpaired) electrons. The van der Waals surface area contributed by atoms with E-state index in [0.717, 1.165) is 11.1 Å². The van der Waals surface area contributed by atoms with Gasteiger partial charge in [-0.15, -0.1) is 24.0 Å². The molecule has 3 N–H and O–H groups in total. The zero-order valence-electron chi connectivity index (χ0n) is 17.7. The maximum atomic E-state index is 12.2. The molecule has 172 valence electrons. The highest BCUT2D eigenvalue weighted by atomic mass is 127. The largest absolute Gasteiger partial charge is 0.435 e. The number of hydrogen-bond donors (Lipinski definition) is 3. The van der Waals surface area contributed by atoms with Crippen molar-refractivity contribution in [2.75, 3.05) is 19.7 Å². The minimum Gasteiger partial charge on any atom is -0.435 e. The van der Waals surface area contributed by atoms with E-state index in [1.807, 2.05) is 38.1 Å². The topological polar surface area (TPSA) is 75.1 Å². The zero-order valence-corrected chi connectivity index (χ0v) is 20.0. The SMILES string of the molecule is CCNC(=NCc1ccc(COCC)cc1)NCC(O)c1ccc(OC(F)F)cc1.I. The number of rotatable bonds is 11. The number of aliphatic hydroxyl groups excluding tert-OH is 1. The van der Waals surface area contributed by atoms with E-state index < -0.39 is 12.7 Å². The van der Waals surface area contributed by atoms with Crippen LogP contribution in [0.25, 0.3) is 0 Å². The van der Waals surface area contributed by atoms with Crippen LogP contribution in [0.5, 0.6) is 5.75 Å². The maximum absolute atomic E-state index is 12.2. The minimum absolute atomic E-state index is 0. The number of guanidine groups is 1. The van der Waals surface area contributed by atoms with Gasteiger partial charge >= 0.3 is 6.61 Å². The van der Waals surface area contributed by atoms with Gasteiger partial charge in [0.2, 0.25) is 0 Å². The Morgan fingerprint density at radius 3 is 2.23 bits per heavy atom. The summed E-state index contributed by atoms with van der Waals surface area (Å²) in [6.07, 6.45) is -0.827. The second-order valence-electron chi connectivity index (χ2n) is 6.49. The summed E-state index contributed by atoms with van der Waals surface area (Å²) in [7, 11) is 0. The van der Waals surface area contributed by atoms with Crippen molar-refractivity contribution in [3.8, 4) is 5.75 Å². The van der Waals surface area contributed by atoms with Crippen LogP contribution in [-0.2, 0) is 17.9 Å². The molecule has 1 atom stereocenters. The summed E-state index contributed by atoms with van der Waals surface area (Å²) in [5, 5.41) is 16.6. The summed E-state index contributed by atoms with van der Waals surface area (Å²) in [5.41, 5.74) is 2.76. The Balaban J connectivity index is 0.00000480. The van der Waals surface area contributed by atoms with E-state index >= 15 is 0 Å². The lowest BCUT2D eigenvalue weighted by Crippen LogP contribution is -2.39. The lowest BCUT2D eigenvalue weighted by atomic mass is 10.1. The van der Waals surface area contributed by atoms with E-state index in [0.29, 0.717) is 37.8 Å². The van der Waals surface area contributed by atoms with E-state index in [4.69, 9.17) is 4.74 Å². The van der Waals surface area contributed by atoms with Crippen molar-refractivity contribution in [2.24, 2.45) is 4.99 Å². The number of hydrogen-bond acceptors (Lipinski definition) is 4. The van der Waals surface area contributed by atoms with Crippen molar-refractivity contribution in [1.82, 2.24) is 10.6 Å². The van der Waals surface area contributed by atoms with Crippen molar-refractivity contribution in [3.63, 3.8) is 0 Å². The first kappa shape index (κ1) is 27.1. The number of alkyl halides is 2. The van der Waals surface area contributed by atoms with E-state index in [1.165, 1.54) is 12.1 Å². The Hall–Kier alpha value is -1.98. The molecule has 0 aliphatic rings. The molecular weight excluding hydrogens is 519 g/mol. The van der Waals surface area contributed by atoms with Crippen LogP contribution in [0.4, 0.5) is 8.78 Å². The summed E-state index contributed by atoms with van der Waals surface area (Å²) in [6.45, 7) is 3.70. The number of aliphatic hydroxyl groups is 1. The molecule has 0 heterocycles. The molecule has 2 aromatic rings. The number of halogens is 3. The van der Waals surface area contributed by atoms with Gasteiger partial charge in [0.25, 0.3) is 0 Å². The molecule has 2 aromatic carbocycles. The standard InChI is InChI=1S/C22H29F2N3O3.HI/c1-3-25-22(26-13-16-5-7-17(8-6-16)15-29-4-2)27-14-20(28)18-9-11-19(12-10-18)30-21(23)24;/h5-12,20-21,28H,3-4,13-15H2,1-2H3,(H2,25,26,27);1H. The molecule has 0 saturated heterocycles. The summed E-state index contributed by atoms with van der Waals surface area (Å²) >= 11 is 0. The van der Waals surface area contributed by atoms with E-state index in [2.05, 4.69) is 20.4 Å². The fourth-order valence-electron chi connectivity index (χ4n) is 2.66. The van der Waals surface area contributed by atoms with Crippen LogP contribution < -0.4 is 15.4 Å². The lowest BCUT2D eigenvalue weighted by molar-refractivity contribution is -0.0498. The van der Waals surface area contributed by atoms with Crippen LogP contribution >= 0.6 is 24.0 Å². The minimum atomic E-state index is -2.87. The lowest BCUT2D eigenvalue weighted by Gasteiger charge is -2.16. The maximum Gasteiger partial charge on any atom is 0.387 e. The van der Waals surface area contributed by atoms with Crippen LogP contribution in [0, 0.1) is 0 Å². The van der Waals surface area contributed by atoms with Crippen LogP contribution in [0.2, 0.25) is 0 Å². The van der Waals surface area contributed by atoms with Crippen molar-refractivity contribution < 1.29 is 23.4 Å². The molecule has 0 saturated carbocycles. The van der Waals surface area contributed by atoms with Crippen molar-refractivity contribution in [1.29, 1.82) is 0 Å². The molecule has 0 amide bonds. The van der Waals surface area contributed by atoms with Crippen LogP contribution in [0.3, 0.4) is 0 Å². The third kappa shape index (κ3) is 10.3. The second-order valence-corrected chi connectivity index (χ2v) is 6.49. The van der Waals surface area contributed by atoms with Gasteiger partial charge < -0.3 is 25.2 Å². The van der Waals surface area contributed by atoms with E-state index in [1.54, 1.807) is 12.1 Å². The Kier molecular flexibility index (Phi) is 13.0. The van der Waals surface area contributed by atoms with Crippen LogP contribution in [-0.4, -0.2) is 37.4 Å². The Labute approximate surface area is 199 Å². The Bertz CT molecular complexity index is 775. The van der Waals surface area contributed by atoms with Gasteiger partial charge in [0, 0.05) is 19.7 Å². The number of ether oxygens (including phenoxy) is 2. The number of nitrogens with one attached hydrogen (secondary N) is 2. The average Bonchev–Trinajstić information content (AvgIpc) is 2.75. The normalized spacial score (nSPS) is 12.3. The summed E-state index contributed by atoms with van der Waals surface area (Å²) < 4.78 is 34.1. The predicted octanol–water partition coefficient (Wildman–Crippen LogP) is 4.23. The summed E-state index contributed by atoms with van der Waals surface area (Å²) in [6, 6.07) is 14.0. The first-order valence-corrected chi connectivity index (χ1v) is 9.92. The molecule has 0 aromatic heterocycles. The Morgan fingerprint density at radius 2 is 1.65 bits per heavy atom. The monoisotopic (exact) mass is 549 g/mol. The van der Waals surface area contributed by atoms with Crippen molar-refractivity contribution in [3.05, 3.63) is 65.2 Å². The van der Waals surface area contributed by atoms with Crippen LogP contribution in [0.15, 0.2) is 53.5 Å². The fraction of sp³-hybridized carbons (Fsp3) is 0.409. The predicted molar refractivity (Wildman–Crippen MR) is 128 cm³/mol. The molecule has 9 heteroatoms. The van der Waals surface area contributed by atoms with Gasteiger partial charge in [-0.3, -0.25) is 0 Å². The quantitative estimate of drug-likeness (QED) is 0.222. The molecule has 0 aliphatic heterocycles. The molecule has 6 nitrogen and oxygen atoms in total. The number of nitrogens with zero attached hydrogens (tertiary/aromatic N) is 1. The van der Waals surface area contributed by atoms with Gasteiger partial charge in [0.15, 0.2) is 5.96 Å². The van der Waals surface area contributed by atoms with Gasteiger partial charge in [0.1, 0.15) is 5.75 Å². The molecule has 0 aliphatic carbocycles. The van der Waals surface area contributed by atoms with Crippen LogP contribution in [0.1, 0.15) is 36.6 Å². The first-order valence-electron chi connectivity index (χ1n) is 9.92. The van der Waals surface area contributed by atoms with Gasteiger partial charge in [-0.1, -0.05) is 36.4 Å². The highest BCUT2D eigenvalue weighted by Gasteiger charge is 2.10. The molecule has 0 fully saturated rings. The number of benzene rings is 2. The van der Waals surface area contributed by atoms with Gasteiger partial charge in [-0.2, -0.15) is 8.78 Å². The van der Waals surface area contributed by atoms with Crippen molar-refractivity contribution >= 4 is 29.9 Å². The molecule has 1 unspecified atom stereocenters. The summed E-state index contributed by atoms with van der Waals surface area (Å²) in [5.74, 6) is 0.628. The van der Waals surface area contributed by atoms with E-state index in [-0.39, 0.29) is 36.3 Å². The summed E-state index contributed by atoms with van der Waals surface area (Å²) in [4.78, 5) is 4.54. The number of aliphatic imine (C=N–C) groups is 1. The molecule has 2 rings (SSSR count). The van der Waals surface area contributed by atoms with Gasteiger partial charge in [0.05, 0.1) is 19.3 Å². The zero-order chi connectivity index (χ0) is 21.8. The Morgan fingerprint density at radius 1 is 1.00 bits per heavy atom. The third-order valence-electron chi connectivity index (χ3n) is 4.21.